The van der Waals surface area contributed by atoms with Crippen molar-refractivity contribution in [1.82, 2.24) is 0 Å². The van der Waals surface area contributed by atoms with E-state index in [1.54, 1.807) is 12.1 Å². The van der Waals surface area contributed by atoms with Crippen LogP contribution in [0.1, 0.15) is 31.7 Å². The molecule has 1 aliphatic rings. The topological polar surface area (TPSA) is 40.5 Å². The van der Waals surface area contributed by atoms with Gasteiger partial charge in [0.1, 0.15) is 5.82 Å². The van der Waals surface area contributed by atoms with Crippen molar-refractivity contribution in [3.8, 4) is 0 Å². The average molecular weight is 277 g/mol. The number of rotatable bonds is 4. The summed E-state index contributed by atoms with van der Waals surface area (Å²) in [5.41, 5.74) is 1.16. The summed E-state index contributed by atoms with van der Waals surface area (Å²) in [5.74, 6) is -0.723. The summed E-state index contributed by atoms with van der Waals surface area (Å²) < 4.78 is 14.2. The summed E-state index contributed by atoms with van der Waals surface area (Å²) in [6.07, 6.45) is 5.84. The Kier molecular flexibility index (Phi) is 4.77. The molecule has 0 bridgehead atoms. The molecule has 3 nitrogen and oxygen atoms in total. The number of anilines is 1. The van der Waals surface area contributed by atoms with E-state index < -0.39 is 5.97 Å². The van der Waals surface area contributed by atoms with Gasteiger partial charge < -0.3 is 10.0 Å². The van der Waals surface area contributed by atoms with E-state index in [9.17, 15) is 9.18 Å². The SMILES string of the molecule is CCC1CCCN(c2c(F)cccc2/C=C/C(=O)O)C1. The van der Waals surface area contributed by atoms with Crippen LogP contribution in [0.15, 0.2) is 24.3 Å². The quantitative estimate of drug-likeness (QED) is 0.856. The number of para-hydroxylation sites is 1. The number of benzene rings is 1. The Balaban J connectivity index is 2.31. The standard InChI is InChI=1S/C16H20FNO2/c1-2-12-5-4-10-18(11-12)16-13(8-9-15(19)20)6-3-7-14(16)17/h3,6-9,12H,2,4-5,10-11H2,1H3,(H,19,20)/b9-8+. The molecule has 1 aromatic rings. The fraction of sp³-hybridized carbons (Fsp3) is 0.438. The van der Waals surface area contributed by atoms with Gasteiger partial charge in [-0.1, -0.05) is 25.5 Å². The van der Waals surface area contributed by atoms with Crippen LogP contribution in [-0.2, 0) is 4.79 Å². The van der Waals surface area contributed by atoms with Gasteiger partial charge in [0.25, 0.3) is 0 Å². The van der Waals surface area contributed by atoms with Gasteiger partial charge in [0.05, 0.1) is 5.69 Å². The van der Waals surface area contributed by atoms with Crippen molar-refractivity contribution >= 4 is 17.7 Å². The molecule has 4 heteroatoms. The summed E-state index contributed by atoms with van der Waals surface area (Å²) >= 11 is 0. The van der Waals surface area contributed by atoms with Gasteiger partial charge in [-0.25, -0.2) is 9.18 Å². The molecular weight excluding hydrogens is 257 g/mol. The lowest BCUT2D eigenvalue weighted by Crippen LogP contribution is -2.36. The van der Waals surface area contributed by atoms with Gasteiger partial charge >= 0.3 is 5.97 Å². The average Bonchev–Trinajstić information content (AvgIpc) is 2.45. The van der Waals surface area contributed by atoms with Crippen LogP contribution in [0.2, 0.25) is 0 Å². The number of aliphatic carboxylic acids is 1. The maximum absolute atomic E-state index is 14.2. The van der Waals surface area contributed by atoms with Gasteiger partial charge in [-0.2, -0.15) is 0 Å². The zero-order valence-electron chi connectivity index (χ0n) is 11.7. The Hall–Kier alpha value is -1.84. The highest BCUT2D eigenvalue weighted by atomic mass is 19.1. The molecule has 0 radical (unpaired) electrons. The molecule has 108 valence electrons. The van der Waals surface area contributed by atoms with E-state index in [2.05, 4.69) is 11.8 Å². The van der Waals surface area contributed by atoms with E-state index in [4.69, 9.17) is 5.11 Å². The number of piperidine rings is 1. The highest BCUT2D eigenvalue weighted by Gasteiger charge is 2.22. The van der Waals surface area contributed by atoms with E-state index in [1.165, 1.54) is 18.6 Å². The van der Waals surface area contributed by atoms with Crippen molar-refractivity contribution in [1.29, 1.82) is 0 Å². The molecular formula is C16H20FNO2. The molecule has 1 heterocycles. The number of carboxylic acids is 1. The van der Waals surface area contributed by atoms with Crippen LogP contribution in [0.25, 0.3) is 6.08 Å². The molecule has 0 spiro atoms. The van der Waals surface area contributed by atoms with Gasteiger partial charge in [-0.05, 0) is 30.9 Å². The maximum atomic E-state index is 14.2. The molecule has 1 unspecified atom stereocenters. The smallest absolute Gasteiger partial charge is 0.328 e. The summed E-state index contributed by atoms with van der Waals surface area (Å²) in [7, 11) is 0. The Morgan fingerprint density at radius 1 is 1.55 bits per heavy atom. The van der Waals surface area contributed by atoms with Gasteiger partial charge in [-0.15, -0.1) is 0 Å². The summed E-state index contributed by atoms with van der Waals surface area (Å²) in [6.45, 7) is 3.82. The first kappa shape index (κ1) is 14.6. The second-order valence-electron chi connectivity index (χ2n) is 5.21. The van der Waals surface area contributed by atoms with Crippen LogP contribution in [-0.4, -0.2) is 24.2 Å². The van der Waals surface area contributed by atoms with Crippen molar-refractivity contribution in [3.05, 3.63) is 35.7 Å². The van der Waals surface area contributed by atoms with Gasteiger partial charge in [-0.3, -0.25) is 0 Å². The first-order chi connectivity index (χ1) is 9.61. The predicted octanol–water partition coefficient (Wildman–Crippen LogP) is 3.55. The van der Waals surface area contributed by atoms with E-state index in [1.807, 2.05) is 0 Å². The molecule has 1 aromatic carbocycles. The molecule has 0 amide bonds. The zero-order valence-corrected chi connectivity index (χ0v) is 11.7. The Bertz CT molecular complexity index is 513. The molecule has 1 atom stereocenters. The molecule has 0 aromatic heterocycles. The first-order valence-corrected chi connectivity index (χ1v) is 7.06. The molecule has 1 N–H and O–H groups in total. The third-order valence-electron chi connectivity index (χ3n) is 3.84. The van der Waals surface area contributed by atoms with Crippen LogP contribution in [0.5, 0.6) is 0 Å². The third-order valence-corrected chi connectivity index (χ3v) is 3.84. The van der Waals surface area contributed by atoms with Crippen LogP contribution in [0.4, 0.5) is 10.1 Å². The zero-order chi connectivity index (χ0) is 14.5. The second kappa shape index (κ2) is 6.55. The number of nitrogens with zero attached hydrogens (tertiary/aromatic N) is 1. The van der Waals surface area contributed by atoms with E-state index >= 15 is 0 Å². The van der Waals surface area contributed by atoms with Gasteiger partial charge in [0, 0.05) is 24.7 Å². The first-order valence-electron chi connectivity index (χ1n) is 7.06. The maximum Gasteiger partial charge on any atom is 0.328 e. The second-order valence-corrected chi connectivity index (χ2v) is 5.21. The van der Waals surface area contributed by atoms with Crippen molar-refractivity contribution in [3.63, 3.8) is 0 Å². The Morgan fingerprint density at radius 2 is 2.35 bits per heavy atom. The fourth-order valence-corrected chi connectivity index (χ4v) is 2.76. The number of hydrogen-bond donors (Lipinski definition) is 1. The fourth-order valence-electron chi connectivity index (χ4n) is 2.76. The number of carboxylic acid groups (broad SMARTS) is 1. The summed E-state index contributed by atoms with van der Waals surface area (Å²) in [4.78, 5) is 12.7. The molecule has 1 fully saturated rings. The lowest BCUT2D eigenvalue weighted by Gasteiger charge is -2.35. The van der Waals surface area contributed by atoms with E-state index in [0.717, 1.165) is 32.0 Å². The number of hydrogen-bond acceptors (Lipinski definition) is 2. The molecule has 2 rings (SSSR count). The Labute approximate surface area is 118 Å². The number of carbonyl (C=O) groups is 1. The summed E-state index contributed by atoms with van der Waals surface area (Å²) in [6, 6.07) is 4.80. The highest BCUT2D eigenvalue weighted by molar-refractivity contribution is 5.87. The van der Waals surface area contributed by atoms with E-state index in [0.29, 0.717) is 17.2 Å². The van der Waals surface area contributed by atoms with Crippen LogP contribution < -0.4 is 4.90 Å². The largest absolute Gasteiger partial charge is 0.478 e. The predicted molar refractivity (Wildman–Crippen MR) is 78.3 cm³/mol. The van der Waals surface area contributed by atoms with Gasteiger partial charge in [0.2, 0.25) is 0 Å². The molecule has 1 aliphatic heterocycles. The van der Waals surface area contributed by atoms with Crippen LogP contribution >= 0.6 is 0 Å². The Morgan fingerprint density at radius 3 is 3.05 bits per heavy atom. The van der Waals surface area contributed by atoms with E-state index in [-0.39, 0.29) is 5.82 Å². The highest BCUT2D eigenvalue weighted by Crippen LogP contribution is 2.30. The third kappa shape index (κ3) is 3.38. The normalized spacial score (nSPS) is 19.5. The summed E-state index contributed by atoms with van der Waals surface area (Å²) in [5, 5.41) is 8.73. The minimum Gasteiger partial charge on any atom is -0.478 e. The monoisotopic (exact) mass is 277 g/mol. The van der Waals surface area contributed by atoms with Crippen molar-refractivity contribution in [2.75, 3.05) is 18.0 Å². The molecule has 0 aliphatic carbocycles. The number of halogens is 1. The molecule has 1 saturated heterocycles. The molecule has 20 heavy (non-hydrogen) atoms. The minimum absolute atomic E-state index is 0.283. The lowest BCUT2D eigenvalue weighted by atomic mass is 9.94. The minimum atomic E-state index is -1.02. The molecule has 0 saturated carbocycles. The van der Waals surface area contributed by atoms with Crippen molar-refractivity contribution in [2.45, 2.75) is 26.2 Å². The van der Waals surface area contributed by atoms with Crippen LogP contribution in [0, 0.1) is 11.7 Å². The van der Waals surface area contributed by atoms with Crippen molar-refractivity contribution < 1.29 is 14.3 Å². The lowest BCUT2D eigenvalue weighted by molar-refractivity contribution is -0.131. The van der Waals surface area contributed by atoms with Crippen LogP contribution in [0.3, 0.4) is 0 Å². The van der Waals surface area contributed by atoms with Crippen molar-refractivity contribution in [2.24, 2.45) is 5.92 Å². The van der Waals surface area contributed by atoms with Gasteiger partial charge in [0.15, 0.2) is 0 Å².